The van der Waals surface area contributed by atoms with Crippen molar-refractivity contribution in [2.75, 3.05) is 0 Å². The molecule has 1 aromatic carbocycles. The lowest BCUT2D eigenvalue weighted by Gasteiger charge is -2.13. The molecule has 0 aliphatic heterocycles. The van der Waals surface area contributed by atoms with E-state index < -0.39 is 11.0 Å². The Morgan fingerprint density at radius 2 is 2.25 bits per heavy atom. The summed E-state index contributed by atoms with van der Waals surface area (Å²) in [6, 6.07) is 4.42. The second-order valence-electron chi connectivity index (χ2n) is 3.42. The Balaban J connectivity index is 2.89. The Morgan fingerprint density at radius 1 is 1.62 bits per heavy atom. The van der Waals surface area contributed by atoms with Crippen molar-refractivity contribution >= 4 is 11.5 Å². The smallest absolute Gasteiger partial charge is 0.272 e. The van der Waals surface area contributed by atoms with Crippen LogP contribution in [0.2, 0.25) is 0 Å². The number of hydrogen-bond acceptors (Lipinski definition) is 4. The van der Waals surface area contributed by atoms with Crippen molar-refractivity contribution in [1.29, 1.82) is 5.41 Å². The van der Waals surface area contributed by atoms with Gasteiger partial charge in [0.2, 0.25) is 0 Å². The molecule has 6 heteroatoms. The lowest BCUT2D eigenvalue weighted by atomic mass is 10.2. The van der Waals surface area contributed by atoms with Gasteiger partial charge < -0.3 is 10.5 Å². The van der Waals surface area contributed by atoms with Gasteiger partial charge in [-0.3, -0.25) is 15.5 Å². The van der Waals surface area contributed by atoms with Crippen LogP contribution in [0.5, 0.6) is 5.75 Å². The van der Waals surface area contributed by atoms with Gasteiger partial charge in [0, 0.05) is 11.6 Å². The summed E-state index contributed by atoms with van der Waals surface area (Å²) in [7, 11) is 0. The zero-order valence-electron chi connectivity index (χ0n) is 9.06. The Kier molecular flexibility index (Phi) is 3.44. The van der Waals surface area contributed by atoms with E-state index in [1.807, 2.05) is 0 Å². The van der Waals surface area contributed by atoms with Crippen LogP contribution in [0.15, 0.2) is 18.2 Å². The van der Waals surface area contributed by atoms with E-state index in [9.17, 15) is 10.1 Å². The van der Waals surface area contributed by atoms with Gasteiger partial charge in [0.15, 0.2) is 6.10 Å². The standard InChI is InChI=1S/C10H13N3O3/c1-6-5-8(16-7(2)10(11)12)3-4-9(6)13(14)15/h3-5,7H,1-2H3,(H3,11,12). The molecule has 0 aliphatic carbocycles. The summed E-state index contributed by atoms with van der Waals surface area (Å²) < 4.78 is 5.32. The van der Waals surface area contributed by atoms with Crippen LogP contribution in [-0.4, -0.2) is 16.9 Å². The molecule has 0 amide bonds. The monoisotopic (exact) mass is 223 g/mol. The van der Waals surface area contributed by atoms with Crippen molar-refractivity contribution < 1.29 is 9.66 Å². The van der Waals surface area contributed by atoms with E-state index in [2.05, 4.69) is 0 Å². The van der Waals surface area contributed by atoms with Gasteiger partial charge in [0.25, 0.3) is 5.69 Å². The molecule has 1 aromatic rings. The summed E-state index contributed by atoms with van der Waals surface area (Å²) >= 11 is 0. The lowest BCUT2D eigenvalue weighted by Crippen LogP contribution is -2.30. The Labute approximate surface area is 92.7 Å². The van der Waals surface area contributed by atoms with Crippen LogP contribution in [0.25, 0.3) is 0 Å². The zero-order valence-corrected chi connectivity index (χ0v) is 9.06. The topological polar surface area (TPSA) is 102 Å². The third kappa shape index (κ3) is 2.69. The molecule has 0 heterocycles. The van der Waals surface area contributed by atoms with E-state index in [1.54, 1.807) is 19.9 Å². The SMILES string of the molecule is Cc1cc(OC(C)C(=N)N)ccc1[N+](=O)[O-]. The van der Waals surface area contributed by atoms with Crippen molar-refractivity contribution in [2.24, 2.45) is 5.73 Å². The minimum Gasteiger partial charge on any atom is -0.483 e. The molecule has 1 rings (SSSR count). The fourth-order valence-electron chi connectivity index (χ4n) is 1.17. The molecule has 0 bridgehead atoms. The van der Waals surface area contributed by atoms with Crippen molar-refractivity contribution in [2.45, 2.75) is 20.0 Å². The van der Waals surface area contributed by atoms with E-state index in [4.69, 9.17) is 15.9 Å². The highest BCUT2D eigenvalue weighted by atomic mass is 16.6. The predicted octanol–water partition coefficient (Wildman–Crippen LogP) is 1.61. The number of benzene rings is 1. The van der Waals surface area contributed by atoms with Crippen LogP contribution in [0.3, 0.4) is 0 Å². The highest BCUT2D eigenvalue weighted by Crippen LogP contribution is 2.23. The highest BCUT2D eigenvalue weighted by molar-refractivity contribution is 5.81. The van der Waals surface area contributed by atoms with Gasteiger partial charge >= 0.3 is 0 Å². The third-order valence-corrected chi connectivity index (χ3v) is 2.12. The number of rotatable bonds is 4. The number of hydrogen-bond donors (Lipinski definition) is 2. The Bertz CT molecular complexity index is 431. The molecule has 3 N–H and O–H groups in total. The minimum absolute atomic E-state index is 0.0443. The predicted molar refractivity (Wildman–Crippen MR) is 59.8 cm³/mol. The number of nitro groups is 1. The highest BCUT2D eigenvalue weighted by Gasteiger charge is 2.12. The summed E-state index contributed by atoms with van der Waals surface area (Å²) in [5, 5.41) is 17.7. The average Bonchev–Trinajstić information content (AvgIpc) is 2.16. The third-order valence-electron chi connectivity index (χ3n) is 2.12. The molecule has 0 saturated carbocycles. The van der Waals surface area contributed by atoms with Crippen LogP contribution in [0.4, 0.5) is 5.69 Å². The van der Waals surface area contributed by atoms with Gasteiger partial charge in [-0.1, -0.05) is 0 Å². The molecule has 16 heavy (non-hydrogen) atoms. The van der Waals surface area contributed by atoms with E-state index in [-0.39, 0.29) is 11.5 Å². The number of aryl methyl sites for hydroxylation is 1. The molecule has 1 unspecified atom stereocenters. The molecular formula is C10H13N3O3. The maximum Gasteiger partial charge on any atom is 0.272 e. The zero-order chi connectivity index (χ0) is 12.3. The minimum atomic E-state index is -0.541. The van der Waals surface area contributed by atoms with Gasteiger partial charge in [0.05, 0.1) is 4.92 Å². The van der Waals surface area contributed by atoms with E-state index in [0.717, 1.165) is 0 Å². The fraction of sp³-hybridized carbons (Fsp3) is 0.300. The lowest BCUT2D eigenvalue weighted by molar-refractivity contribution is -0.385. The van der Waals surface area contributed by atoms with E-state index in [0.29, 0.717) is 11.3 Å². The summed E-state index contributed by atoms with van der Waals surface area (Å²) in [5.41, 5.74) is 5.81. The number of amidine groups is 1. The molecule has 0 spiro atoms. The molecule has 0 aliphatic rings. The number of nitrogens with two attached hydrogens (primary N) is 1. The van der Waals surface area contributed by atoms with Crippen LogP contribution < -0.4 is 10.5 Å². The number of nitrogens with zero attached hydrogens (tertiary/aromatic N) is 1. The fourth-order valence-corrected chi connectivity index (χ4v) is 1.17. The molecule has 0 saturated heterocycles. The molecule has 0 fully saturated rings. The van der Waals surface area contributed by atoms with Gasteiger partial charge in [-0.25, -0.2) is 0 Å². The summed E-state index contributed by atoms with van der Waals surface area (Å²) in [5.74, 6) is 0.377. The van der Waals surface area contributed by atoms with Gasteiger partial charge in [-0.15, -0.1) is 0 Å². The van der Waals surface area contributed by atoms with Gasteiger partial charge in [-0.2, -0.15) is 0 Å². The number of nitrogens with one attached hydrogen (secondary N) is 1. The molecule has 6 nitrogen and oxygen atoms in total. The Morgan fingerprint density at radius 3 is 2.69 bits per heavy atom. The largest absolute Gasteiger partial charge is 0.483 e. The molecule has 86 valence electrons. The maximum atomic E-state index is 10.6. The quantitative estimate of drug-likeness (QED) is 0.350. The van der Waals surface area contributed by atoms with Crippen molar-refractivity contribution in [3.8, 4) is 5.75 Å². The summed E-state index contributed by atoms with van der Waals surface area (Å²) in [6.07, 6.45) is -0.541. The van der Waals surface area contributed by atoms with Crippen molar-refractivity contribution in [3.05, 3.63) is 33.9 Å². The molecule has 0 radical (unpaired) electrons. The first kappa shape index (κ1) is 12.0. The van der Waals surface area contributed by atoms with Crippen LogP contribution in [0, 0.1) is 22.4 Å². The van der Waals surface area contributed by atoms with Crippen molar-refractivity contribution in [1.82, 2.24) is 0 Å². The first-order chi connectivity index (χ1) is 7.41. The normalized spacial score (nSPS) is 11.9. The average molecular weight is 223 g/mol. The van der Waals surface area contributed by atoms with Crippen LogP contribution in [-0.2, 0) is 0 Å². The second kappa shape index (κ2) is 4.61. The second-order valence-corrected chi connectivity index (χ2v) is 3.42. The van der Waals surface area contributed by atoms with Crippen molar-refractivity contribution in [3.63, 3.8) is 0 Å². The van der Waals surface area contributed by atoms with Gasteiger partial charge in [-0.05, 0) is 26.0 Å². The van der Waals surface area contributed by atoms with Crippen LogP contribution >= 0.6 is 0 Å². The Hall–Kier alpha value is -2.11. The first-order valence-electron chi connectivity index (χ1n) is 4.67. The first-order valence-corrected chi connectivity index (χ1v) is 4.67. The molecule has 0 aromatic heterocycles. The number of ether oxygens (including phenoxy) is 1. The van der Waals surface area contributed by atoms with Crippen LogP contribution in [0.1, 0.15) is 12.5 Å². The van der Waals surface area contributed by atoms with E-state index in [1.165, 1.54) is 12.1 Å². The molecular weight excluding hydrogens is 210 g/mol. The van der Waals surface area contributed by atoms with E-state index >= 15 is 0 Å². The van der Waals surface area contributed by atoms with Gasteiger partial charge in [0.1, 0.15) is 11.6 Å². The number of nitro benzene ring substituents is 1. The molecule has 1 atom stereocenters. The summed E-state index contributed by atoms with van der Waals surface area (Å²) in [4.78, 5) is 10.1. The maximum absolute atomic E-state index is 10.6. The summed E-state index contributed by atoms with van der Waals surface area (Å²) in [6.45, 7) is 3.27.